The Balaban J connectivity index is 1.64. The first kappa shape index (κ1) is 16.8. The summed E-state index contributed by atoms with van der Waals surface area (Å²) in [6, 6.07) is 6.04. The van der Waals surface area contributed by atoms with Crippen molar-refractivity contribution in [3.63, 3.8) is 0 Å². The number of fused-ring (bicyclic) bond motifs is 1. The number of aliphatic carboxylic acids is 1. The Hall–Kier alpha value is -2.04. The lowest BCUT2D eigenvalue weighted by molar-refractivity contribution is -0.159. The SMILES string of the molecule is CCCOc1ccc2c(c1)CCN(C(=O)CC1(C(=O)O)CCC1)C2. The minimum absolute atomic E-state index is 0.0333. The molecule has 0 saturated heterocycles. The Bertz CT molecular complexity index is 636. The summed E-state index contributed by atoms with van der Waals surface area (Å²) in [6.45, 7) is 4.01. The second-order valence-corrected chi connectivity index (χ2v) is 6.96. The molecule has 0 spiro atoms. The van der Waals surface area contributed by atoms with Gasteiger partial charge in [0.05, 0.1) is 12.0 Å². The molecule has 130 valence electrons. The molecule has 1 fully saturated rings. The molecule has 0 bridgehead atoms. The lowest BCUT2D eigenvalue weighted by Gasteiger charge is -2.39. The molecule has 1 aliphatic carbocycles. The molecule has 1 aromatic rings. The Kier molecular flexibility index (Phi) is 4.78. The van der Waals surface area contributed by atoms with Crippen LogP contribution in [0.4, 0.5) is 0 Å². The van der Waals surface area contributed by atoms with Gasteiger partial charge in [-0.05, 0) is 48.9 Å². The van der Waals surface area contributed by atoms with E-state index >= 15 is 0 Å². The van der Waals surface area contributed by atoms with Gasteiger partial charge in [-0.1, -0.05) is 19.4 Å². The summed E-state index contributed by atoms with van der Waals surface area (Å²) in [5.74, 6) is 0.0287. The first-order valence-corrected chi connectivity index (χ1v) is 8.80. The zero-order chi connectivity index (χ0) is 17.2. The van der Waals surface area contributed by atoms with E-state index in [1.165, 1.54) is 5.56 Å². The van der Waals surface area contributed by atoms with Crippen LogP contribution in [0.25, 0.3) is 0 Å². The predicted molar refractivity (Wildman–Crippen MR) is 89.9 cm³/mol. The largest absolute Gasteiger partial charge is 0.494 e. The summed E-state index contributed by atoms with van der Waals surface area (Å²) in [7, 11) is 0. The van der Waals surface area contributed by atoms with Gasteiger partial charge >= 0.3 is 5.97 Å². The second kappa shape index (κ2) is 6.83. The molecule has 1 heterocycles. The minimum atomic E-state index is -0.822. The molecule has 1 amide bonds. The number of nitrogens with zero attached hydrogens (tertiary/aromatic N) is 1. The minimum Gasteiger partial charge on any atom is -0.494 e. The second-order valence-electron chi connectivity index (χ2n) is 6.96. The van der Waals surface area contributed by atoms with Crippen LogP contribution in [-0.2, 0) is 22.6 Å². The van der Waals surface area contributed by atoms with E-state index in [9.17, 15) is 14.7 Å². The molecule has 5 heteroatoms. The maximum Gasteiger partial charge on any atom is 0.310 e. The molecule has 1 aromatic carbocycles. The number of carbonyl (C=O) groups excluding carboxylic acids is 1. The third kappa shape index (κ3) is 3.25. The summed E-state index contributed by atoms with van der Waals surface area (Å²) in [6.07, 6.45) is 4.06. The number of carboxylic acids is 1. The smallest absolute Gasteiger partial charge is 0.310 e. The highest BCUT2D eigenvalue weighted by atomic mass is 16.5. The van der Waals surface area contributed by atoms with Gasteiger partial charge in [0.1, 0.15) is 5.75 Å². The molecule has 0 radical (unpaired) electrons. The first-order valence-electron chi connectivity index (χ1n) is 8.80. The maximum absolute atomic E-state index is 12.6. The molecule has 0 atom stereocenters. The number of amides is 1. The number of benzene rings is 1. The quantitative estimate of drug-likeness (QED) is 0.870. The molecular weight excluding hydrogens is 306 g/mol. The number of carboxylic acid groups (broad SMARTS) is 1. The van der Waals surface area contributed by atoms with E-state index in [0.29, 0.717) is 32.5 Å². The van der Waals surface area contributed by atoms with Gasteiger partial charge in [0, 0.05) is 19.5 Å². The van der Waals surface area contributed by atoms with Crippen LogP contribution in [-0.4, -0.2) is 35.0 Å². The van der Waals surface area contributed by atoms with E-state index in [1.54, 1.807) is 4.90 Å². The fourth-order valence-corrected chi connectivity index (χ4v) is 3.52. The highest BCUT2D eigenvalue weighted by Crippen LogP contribution is 2.44. The molecular formula is C19H25NO4. The van der Waals surface area contributed by atoms with Crippen LogP contribution in [0.15, 0.2) is 18.2 Å². The summed E-state index contributed by atoms with van der Waals surface area (Å²) in [5.41, 5.74) is 1.55. The van der Waals surface area contributed by atoms with Gasteiger partial charge in [-0.3, -0.25) is 9.59 Å². The van der Waals surface area contributed by atoms with Crippen molar-refractivity contribution in [1.29, 1.82) is 0 Å². The number of ether oxygens (including phenoxy) is 1. The predicted octanol–water partition coefficient (Wildman–Crippen LogP) is 3.01. The van der Waals surface area contributed by atoms with Crippen LogP contribution < -0.4 is 4.74 Å². The van der Waals surface area contributed by atoms with Crippen LogP contribution in [0.5, 0.6) is 5.75 Å². The van der Waals surface area contributed by atoms with Crippen LogP contribution in [0.3, 0.4) is 0 Å². The fourth-order valence-electron chi connectivity index (χ4n) is 3.52. The van der Waals surface area contributed by atoms with Crippen molar-refractivity contribution in [2.24, 2.45) is 5.41 Å². The zero-order valence-electron chi connectivity index (χ0n) is 14.2. The molecule has 24 heavy (non-hydrogen) atoms. The summed E-state index contributed by atoms with van der Waals surface area (Å²) >= 11 is 0. The number of rotatable bonds is 6. The van der Waals surface area contributed by atoms with E-state index in [2.05, 4.69) is 13.0 Å². The molecule has 3 rings (SSSR count). The van der Waals surface area contributed by atoms with Gasteiger partial charge in [0.2, 0.25) is 5.91 Å². The van der Waals surface area contributed by atoms with E-state index < -0.39 is 11.4 Å². The molecule has 1 saturated carbocycles. The van der Waals surface area contributed by atoms with Gasteiger partial charge in [0.15, 0.2) is 0 Å². The van der Waals surface area contributed by atoms with Crippen molar-refractivity contribution >= 4 is 11.9 Å². The van der Waals surface area contributed by atoms with Crippen LogP contribution in [0.1, 0.15) is 50.2 Å². The lowest BCUT2D eigenvalue weighted by atomic mass is 9.66. The number of hydrogen-bond acceptors (Lipinski definition) is 3. The summed E-state index contributed by atoms with van der Waals surface area (Å²) in [4.78, 5) is 25.8. The van der Waals surface area contributed by atoms with Crippen molar-refractivity contribution in [3.05, 3.63) is 29.3 Å². The van der Waals surface area contributed by atoms with Crippen molar-refractivity contribution < 1.29 is 19.4 Å². The van der Waals surface area contributed by atoms with Crippen LogP contribution in [0.2, 0.25) is 0 Å². The fraction of sp³-hybridized carbons (Fsp3) is 0.579. The van der Waals surface area contributed by atoms with Crippen LogP contribution in [0, 0.1) is 5.41 Å². The van der Waals surface area contributed by atoms with Gasteiger partial charge in [-0.25, -0.2) is 0 Å². The highest BCUT2D eigenvalue weighted by molar-refractivity contribution is 5.85. The van der Waals surface area contributed by atoms with Crippen LogP contribution >= 0.6 is 0 Å². The Morgan fingerprint density at radius 2 is 2.08 bits per heavy atom. The van der Waals surface area contributed by atoms with E-state index in [4.69, 9.17) is 4.74 Å². The lowest BCUT2D eigenvalue weighted by Crippen LogP contribution is -2.45. The van der Waals surface area contributed by atoms with Crippen molar-refractivity contribution in [3.8, 4) is 5.75 Å². The van der Waals surface area contributed by atoms with Crippen molar-refractivity contribution in [1.82, 2.24) is 4.90 Å². The maximum atomic E-state index is 12.6. The number of hydrogen-bond donors (Lipinski definition) is 1. The Morgan fingerprint density at radius 3 is 2.71 bits per heavy atom. The van der Waals surface area contributed by atoms with Gasteiger partial charge in [0.25, 0.3) is 0 Å². The van der Waals surface area contributed by atoms with Crippen molar-refractivity contribution in [2.75, 3.05) is 13.2 Å². The average Bonchev–Trinajstić information content (AvgIpc) is 2.55. The van der Waals surface area contributed by atoms with Gasteiger partial charge < -0.3 is 14.7 Å². The highest BCUT2D eigenvalue weighted by Gasteiger charge is 2.46. The van der Waals surface area contributed by atoms with Crippen molar-refractivity contribution in [2.45, 2.75) is 52.0 Å². The molecule has 1 aliphatic heterocycles. The molecule has 1 N–H and O–H groups in total. The number of carbonyl (C=O) groups is 2. The monoisotopic (exact) mass is 331 g/mol. The van der Waals surface area contributed by atoms with E-state index in [1.807, 2.05) is 12.1 Å². The Morgan fingerprint density at radius 1 is 1.29 bits per heavy atom. The topological polar surface area (TPSA) is 66.8 Å². The molecule has 5 nitrogen and oxygen atoms in total. The van der Waals surface area contributed by atoms with Gasteiger partial charge in [-0.2, -0.15) is 0 Å². The molecule has 0 unspecified atom stereocenters. The van der Waals surface area contributed by atoms with E-state index in [-0.39, 0.29) is 12.3 Å². The third-order valence-electron chi connectivity index (χ3n) is 5.27. The van der Waals surface area contributed by atoms with E-state index in [0.717, 1.165) is 30.6 Å². The average molecular weight is 331 g/mol. The molecule has 0 aromatic heterocycles. The summed E-state index contributed by atoms with van der Waals surface area (Å²) in [5, 5.41) is 9.41. The zero-order valence-corrected chi connectivity index (χ0v) is 14.2. The first-order chi connectivity index (χ1) is 11.5. The molecule has 2 aliphatic rings. The normalized spacial score (nSPS) is 18.5. The summed E-state index contributed by atoms with van der Waals surface area (Å²) < 4.78 is 5.66. The standard InChI is InChI=1S/C19H25NO4/c1-2-10-24-16-5-4-15-13-20(9-6-14(15)11-16)17(21)12-19(18(22)23)7-3-8-19/h4-5,11H,2-3,6-10,12-13H2,1H3,(H,22,23). The third-order valence-corrected chi connectivity index (χ3v) is 5.27. The van der Waals surface area contributed by atoms with Gasteiger partial charge in [-0.15, -0.1) is 0 Å². The Labute approximate surface area is 142 Å².